The van der Waals surface area contributed by atoms with Gasteiger partial charge in [0, 0.05) is 13.0 Å². The van der Waals surface area contributed by atoms with Crippen LogP contribution in [0.1, 0.15) is 12.8 Å². The second-order valence-corrected chi connectivity index (χ2v) is 1.45. The van der Waals surface area contributed by atoms with Crippen LogP contribution >= 0.6 is 0 Å². The Kier molecular flexibility index (Phi) is 4.04. The van der Waals surface area contributed by atoms with Gasteiger partial charge in [-0.3, -0.25) is 0 Å². The van der Waals surface area contributed by atoms with Crippen LogP contribution in [0.5, 0.6) is 0 Å². The van der Waals surface area contributed by atoms with Gasteiger partial charge in [0.05, 0.1) is 0 Å². The quantitative estimate of drug-likeness (QED) is 0.424. The highest BCUT2D eigenvalue weighted by Crippen LogP contribution is 1.95. The van der Waals surface area contributed by atoms with Crippen LogP contribution in [0.25, 0.3) is 0 Å². The first-order valence-electron chi connectivity index (χ1n) is 2.50. The molecule has 0 saturated carbocycles. The Hall–Kier alpha value is -0.720. The number of hydrogen-bond acceptors (Lipinski definition) is 2. The lowest BCUT2D eigenvalue weighted by Crippen LogP contribution is -1.84. The van der Waals surface area contributed by atoms with Crippen molar-refractivity contribution in [3.8, 4) is 0 Å². The van der Waals surface area contributed by atoms with Gasteiger partial charge in [-0.25, -0.2) is 0 Å². The van der Waals surface area contributed by atoms with E-state index in [0.29, 0.717) is 12.8 Å². The molecule has 0 saturated heterocycles. The fraction of sp³-hybridized carbons (Fsp3) is 0.500. The highest BCUT2D eigenvalue weighted by atomic mass is 16.3. The number of rotatable bonds is 3. The minimum Gasteiger partial charge on any atom is -0.505 e. The molecule has 0 aliphatic rings. The Labute approximate surface area is 48.8 Å². The van der Waals surface area contributed by atoms with Crippen LogP contribution in [0.4, 0.5) is 0 Å². The molecule has 0 aromatic carbocycles. The maximum atomic E-state index is 8.62. The van der Waals surface area contributed by atoms with Crippen molar-refractivity contribution >= 4 is 0 Å². The summed E-state index contributed by atoms with van der Waals surface area (Å²) in [5.74, 6) is 0.124. The minimum absolute atomic E-state index is 0.103. The standard InChI is InChI=1S/C6H10O2/c1-2-6(8)4-3-5-7/h7-8H,1,3-5H2. The fourth-order valence-electron chi connectivity index (χ4n) is 0.335. The summed E-state index contributed by atoms with van der Waals surface area (Å²) in [5, 5.41) is 16.9. The molecule has 0 radical (unpaired) electrons. The van der Waals surface area contributed by atoms with Crippen molar-refractivity contribution in [2.24, 2.45) is 0 Å². The predicted molar refractivity (Wildman–Crippen MR) is 31.6 cm³/mol. The molecule has 46 valence electrons. The lowest BCUT2D eigenvalue weighted by molar-refractivity contribution is 0.276. The van der Waals surface area contributed by atoms with Crippen molar-refractivity contribution in [3.63, 3.8) is 0 Å². The molecule has 0 heterocycles. The molecule has 2 nitrogen and oxygen atoms in total. The van der Waals surface area contributed by atoms with E-state index in [1.807, 2.05) is 0 Å². The molecule has 0 bridgehead atoms. The van der Waals surface area contributed by atoms with E-state index in [1.54, 1.807) is 0 Å². The number of aliphatic hydroxyl groups is 2. The van der Waals surface area contributed by atoms with Crippen LogP contribution < -0.4 is 0 Å². The third-order valence-electron chi connectivity index (χ3n) is 0.776. The van der Waals surface area contributed by atoms with Gasteiger partial charge in [0.15, 0.2) is 0 Å². The molecule has 0 aliphatic carbocycles. The zero-order valence-corrected chi connectivity index (χ0v) is 4.72. The first-order valence-corrected chi connectivity index (χ1v) is 2.50. The molecule has 0 atom stereocenters. The second kappa shape index (κ2) is 4.44. The third-order valence-corrected chi connectivity index (χ3v) is 0.776. The summed E-state index contributed by atoms with van der Waals surface area (Å²) in [6.45, 7) is 3.32. The summed E-state index contributed by atoms with van der Waals surface area (Å²) >= 11 is 0. The molecule has 0 aromatic heterocycles. The van der Waals surface area contributed by atoms with Gasteiger partial charge >= 0.3 is 0 Å². The van der Waals surface area contributed by atoms with Crippen molar-refractivity contribution in [1.29, 1.82) is 0 Å². The van der Waals surface area contributed by atoms with Crippen molar-refractivity contribution in [3.05, 3.63) is 18.1 Å². The zero-order valence-electron chi connectivity index (χ0n) is 4.72. The van der Waals surface area contributed by atoms with E-state index >= 15 is 0 Å². The maximum Gasteiger partial charge on any atom is 0.134 e. The van der Waals surface area contributed by atoms with Gasteiger partial charge in [-0.05, 0) is 6.42 Å². The number of allylic oxidation sites excluding steroid dienone is 1. The Morgan fingerprint density at radius 2 is 2.25 bits per heavy atom. The molecule has 0 unspecified atom stereocenters. The van der Waals surface area contributed by atoms with Crippen LogP contribution in [-0.4, -0.2) is 16.8 Å². The summed E-state index contributed by atoms with van der Waals surface area (Å²) in [4.78, 5) is 0. The molecule has 0 aromatic rings. The molecule has 8 heavy (non-hydrogen) atoms. The molecule has 2 N–H and O–H groups in total. The van der Waals surface area contributed by atoms with Gasteiger partial charge in [0.1, 0.15) is 5.76 Å². The summed E-state index contributed by atoms with van der Waals surface area (Å²) in [6, 6.07) is 0. The van der Waals surface area contributed by atoms with E-state index < -0.39 is 0 Å². The van der Waals surface area contributed by atoms with Gasteiger partial charge < -0.3 is 10.2 Å². The second-order valence-electron chi connectivity index (χ2n) is 1.45. The lowest BCUT2D eigenvalue weighted by Gasteiger charge is -1.90. The molecule has 0 fully saturated rings. The van der Waals surface area contributed by atoms with Gasteiger partial charge in [-0.2, -0.15) is 0 Å². The molecule has 0 aliphatic heterocycles. The van der Waals surface area contributed by atoms with Crippen molar-refractivity contribution in [2.75, 3.05) is 6.61 Å². The van der Waals surface area contributed by atoms with Crippen molar-refractivity contribution < 1.29 is 10.2 Å². The molecule has 0 spiro atoms. The molecule has 0 amide bonds. The van der Waals surface area contributed by atoms with E-state index in [4.69, 9.17) is 10.2 Å². The number of aliphatic hydroxyl groups excluding tert-OH is 2. The highest BCUT2D eigenvalue weighted by Gasteiger charge is 1.87. The molecular weight excluding hydrogens is 104 g/mol. The maximum absolute atomic E-state index is 8.62. The fourth-order valence-corrected chi connectivity index (χ4v) is 0.335. The van der Waals surface area contributed by atoms with Crippen LogP contribution in [0.3, 0.4) is 0 Å². The van der Waals surface area contributed by atoms with E-state index in [2.05, 4.69) is 12.3 Å². The lowest BCUT2D eigenvalue weighted by atomic mass is 10.3. The van der Waals surface area contributed by atoms with E-state index in [-0.39, 0.29) is 12.4 Å². The van der Waals surface area contributed by atoms with Gasteiger partial charge in [-0.1, -0.05) is 12.3 Å². The molecule has 2 heteroatoms. The zero-order chi connectivity index (χ0) is 6.41. The minimum atomic E-state index is 0.103. The van der Waals surface area contributed by atoms with Crippen LogP contribution in [0.15, 0.2) is 18.1 Å². The van der Waals surface area contributed by atoms with Crippen molar-refractivity contribution in [1.82, 2.24) is 0 Å². The van der Waals surface area contributed by atoms with Crippen LogP contribution in [-0.2, 0) is 0 Å². The predicted octanol–water partition coefficient (Wildman–Crippen LogP) is 0.986. The van der Waals surface area contributed by atoms with E-state index in [1.165, 1.54) is 0 Å². The largest absolute Gasteiger partial charge is 0.505 e. The number of hydrogen-bond donors (Lipinski definition) is 2. The summed E-state index contributed by atoms with van der Waals surface area (Å²) < 4.78 is 0. The smallest absolute Gasteiger partial charge is 0.134 e. The molecule has 0 rings (SSSR count). The van der Waals surface area contributed by atoms with Crippen molar-refractivity contribution in [2.45, 2.75) is 12.8 Å². The third kappa shape index (κ3) is 3.47. The topological polar surface area (TPSA) is 40.5 Å². The van der Waals surface area contributed by atoms with Gasteiger partial charge in [-0.15, -0.1) is 0 Å². The highest BCUT2D eigenvalue weighted by molar-refractivity contribution is 4.85. The van der Waals surface area contributed by atoms with Gasteiger partial charge in [0.25, 0.3) is 0 Å². The normalized spacial score (nSPS) is 8.12. The Morgan fingerprint density at radius 3 is 2.62 bits per heavy atom. The monoisotopic (exact) mass is 114 g/mol. The average molecular weight is 114 g/mol. The summed E-state index contributed by atoms with van der Waals surface area (Å²) in [7, 11) is 0. The average Bonchev–Trinajstić information content (AvgIpc) is 1.83. The van der Waals surface area contributed by atoms with Gasteiger partial charge in [0.2, 0.25) is 0 Å². The molecular formula is C6H10O2. The van der Waals surface area contributed by atoms with E-state index in [9.17, 15) is 0 Å². The summed E-state index contributed by atoms with van der Waals surface area (Å²) in [5.41, 5.74) is 2.31. The Bertz CT molecular complexity index is 101. The van der Waals surface area contributed by atoms with E-state index in [0.717, 1.165) is 0 Å². The van der Waals surface area contributed by atoms with Crippen LogP contribution in [0, 0.1) is 0 Å². The Morgan fingerprint density at radius 1 is 1.62 bits per heavy atom. The first-order chi connectivity index (χ1) is 3.81. The Balaban J connectivity index is 3.26. The first kappa shape index (κ1) is 7.28. The SMILES string of the molecule is C=C=C(O)CCCO. The van der Waals surface area contributed by atoms with Crippen LogP contribution in [0.2, 0.25) is 0 Å². The summed E-state index contributed by atoms with van der Waals surface area (Å²) in [6.07, 6.45) is 1.05.